The Balaban J connectivity index is 2.80. The zero-order valence-electron chi connectivity index (χ0n) is 11.1. The van der Waals surface area contributed by atoms with Gasteiger partial charge in [-0.05, 0) is 12.8 Å². The number of hydrogen-bond acceptors (Lipinski definition) is 5. The SMILES string of the molecule is CC(C)Cn1ncnc1CC(=O)C(C)S(C)(=O)=O. The molecule has 0 spiro atoms. The van der Waals surface area contributed by atoms with E-state index < -0.39 is 15.1 Å². The van der Waals surface area contributed by atoms with Crippen LogP contribution in [0.25, 0.3) is 0 Å². The third-order valence-corrected chi connectivity index (χ3v) is 4.21. The molecule has 1 rings (SSSR count). The largest absolute Gasteiger partial charge is 0.298 e. The number of carbonyl (C=O) groups is 1. The van der Waals surface area contributed by atoms with Gasteiger partial charge in [-0.3, -0.25) is 4.79 Å². The molecule has 6 nitrogen and oxygen atoms in total. The van der Waals surface area contributed by atoms with E-state index in [2.05, 4.69) is 10.1 Å². The van der Waals surface area contributed by atoms with Crippen LogP contribution >= 0.6 is 0 Å². The standard InChI is InChI=1S/C11H19N3O3S/c1-8(2)6-14-11(12-7-13-14)5-10(15)9(3)18(4,16)17/h7-9H,5-6H2,1-4H3. The molecule has 0 bridgehead atoms. The van der Waals surface area contributed by atoms with Crippen LogP contribution in [0.1, 0.15) is 26.6 Å². The molecule has 0 aliphatic heterocycles. The first-order valence-electron chi connectivity index (χ1n) is 5.80. The van der Waals surface area contributed by atoms with E-state index in [1.54, 1.807) is 4.68 Å². The van der Waals surface area contributed by atoms with Crippen LogP contribution in [-0.2, 0) is 27.6 Å². The second-order valence-electron chi connectivity index (χ2n) is 4.87. The van der Waals surface area contributed by atoms with Crippen molar-refractivity contribution in [2.45, 2.75) is 39.0 Å². The maximum absolute atomic E-state index is 11.8. The van der Waals surface area contributed by atoms with Crippen molar-refractivity contribution in [2.75, 3.05) is 6.26 Å². The van der Waals surface area contributed by atoms with E-state index in [1.807, 2.05) is 13.8 Å². The van der Waals surface area contributed by atoms with Crippen LogP contribution in [0.4, 0.5) is 0 Å². The zero-order valence-corrected chi connectivity index (χ0v) is 11.9. The monoisotopic (exact) mass is 273 g/mol. The van der Waals surface area contributed by atoms with Gasteiger partial charge < -0.3 is 0 Å². The summed E-state index contributed by atoms with van der Waals surface area (Å²) in [6, 6.07) is 0. The second kappa shape index (κ2) is 5.60. The molecule has 1 aromatic rings. The summed E-state index contributed by atoms with van der Waals surface area (Å²) in [4.78, 5) is 15.8. The van der Waals surface area contributed by atoms with Crippen molar-refractivity contribution in [1.29, 1.82) is 0 Å². The molecule has 7 heteroatoms. The minimum atomic E-state index is -3.35. The minimum absolute atomic E-state index is 0.000949. The first-order chi connectivity index (χ1) is 8.21. The molecular formula is C11H19N3O3S. The van der Waals surface area contributed by atoms with E-state index in [9.17, 15) is 13.2 Å². The fraction of sp³-hybridized carbons (Fsp3) is 0.727. The summed E-state index contributed by atoms with van der Waals surface area (Å²) >= 11 is 0. The molecule has 0 saturated carbocycles. The molecular weight excluding hydrogens is 254 g/mol. The Morgan fingerprint density at radius 1 is 1.39 bits per heavy atom. The van der Waals surface area contributed by atoms with Crippen molar-refractivity contribution in [3.8, 4) is 0 Å². The van der Waals surface area contributed by atoms with Crippen LogP contribution < -0.4 is 0 Å². The summed E-state index contributed by atoms with van der Waals surface area (Å²) in [5, 5.41) is 3.04. The summed E-state index contributed by atoms with van der Waals surface area (Å²) in [5.41, 5.74) is 0. The third-order valence-electron chi connectivity index (χ3n) is 2.66. The Kier molecular flexibility index (Phi) is 4.61. The first kappa shape index (κ1) is 14.8. The lowest BCUT2D eigenvalue weighted by molar-refractivity contribution is -0.117. The van der Waals surface area contributed by atoms with E-state index in [4.69, 9.17) is 0 Å². The number of sulfone groups is 1. The van der Waals surface area contributed by atoms with Crippen molar-refractivity contribution < 1.29 is 13.2 Å². The number of aromatic nitrogens is 3. The highest BCUT2D eigenvalue weighted by Gasteiger charge is 2.25. The molecule has 102 valence electrons. The van der Waals surface area contributed by atoms with Crippen LogP contribution in [0.3, 0.4) is 0 Å². The van der Waals surface area contributed by atoms with Gasteiger partial charge in [0.15, 0.2) is 15.6 Å². The summed E-state index contributed by atoms with van der Waals surface area (Å²) < 4.78 is 24.3. The molecule has 0 radical (unpaired) electrons. The normalized spacial score (nSPS) is 13.8. The van der Waals surface area contributed by atoms with Crippen LogP contribution in [0, 0.1) is 5.92 Å². The van der Waals surface area contributed by atoms with Gasteiger partial charge in [0, 0.05) is 12.8 Å². The Hall–Kier alpha value is -1.24. The smallest absolute Gasteiger partial charge is 0.158 e. The molecule has 0 amide bonds. The molecule has 0 saturated heterocycles. The summed E-state index contributed by atoms with van der Waals surface area (Å²) in [5.74, 6) is 0.549. The molecule has 18 heavy (non-hydrogen) atoms. The Labute approximate surface area is 107 Å². The zero-order chi connectivity index (χ0) is 13.9. The van der Waals surface area contributed by atoms with Gasteiger partial charge in [0.2, 0.25) is 0 Å². The predicted octanol–water partition coefficient (Wildman–Crippen LogP) is 0.479. The first-order valence-corrected chi connectivity index (χ1v) is 7.75. The highest BCUT2D eigenvalue weighted by molar-refractivity contribution is 7.92. The maximum atomic E-state index is 11.8. The van der Waals surface area contributed by atoms with Gasteiger partial charge in [-0.2, -0.15) is 5.10 Å². The Morgan fingerprint density at radius 2 is 2.00 bits per heavy atom. The number of rotatable bonds is 6. The van der Waals surface area contributed by atoms with Gasteiger partial charge in [-0.25, -0.2) is 18.1 Å². The van der Waals surface area contributed by atoms with Gasteiger partial charge in [-0.15, -0.1) is 0 Å². The van der Waals surface area contributed by atoms with Gasteiger partial charge in [0.25, 0.3) is 0 Å². The Bertz CT molecular complexity index is 519. The van der Waals surface area contributed by atoms with E-state index >= 15 is 0 Å². The molecule has 1 aromatic heterocycles. The molecule has 0 aliphatic carbocycles. The van der Waals surface area contributed by atoms with Crippen LogP contribution in [0.2, 0.25) is 0 Å². The summed E-state index contributed by atoms with van der Waals surface area (Å²) in [7, 11) is -3.35. The van der Waals surface area contributed by atoms with Gasteiger partial charge in [-0.1, -0.05) is 13.8 Å². The topological polar surface area (TPSA) is 81.9 Å². The van der Waals surface area contributed by atoms with Crippen LogP contribution in [0.15, 0.2) is 6.33 Å². The fourth-order valence-electron chi connectivity index (χ4n) is 1.46. The highest BCUT2D eigenvalue weighted by atomic mass is 32.2. The van der Waals surface area contributed by atoms with E-state index in [-0.39, 0.29) is 12.2 Å². The Morgan fingerprint density at radius 3 is 2.50 bits per heavy atom. The lowest BCUT2D eigenvalue weighted by Gasteiger charge is -2.10. The summed E-state index contributed by atoms with van der Waals surface area (Å²) in [6.45, 7) is 6.13. The van der Waals surface area contributed by atoms with Crippen LogP contribution in [0.5, 0.6) is 0 Å². The fourth-order valence-corrected chi connectivity index (χ4v) is 2.02. The average molecular weight is 273 g/mol. The van der Waals surface area contributed by atoms with Crippen molar-refractivity contribution in [2.24, 2.45) is 5.92 Å². The van der Waals surface area contributed by atoms with Crippen molar-refractivity contribution in [1.82, 2.24) is 14.8 Å². The lowest BCUT2D eigenvalue weighted by Crippen LogP contribution is -2.29. The number of carbonyl (C=O) groups excluding carboxylic acids is 1. The number of ketones is 1. The molecule has 1 heterocycles. The van der Waals surface area contributed by atoms with Crippen molar-refractivity contribution >= 4 is 15.6 Å². The van der Waals surface area contributed by atoms with E-state index in [1.165, 1.54) is 13.3 Å². The van der Waals surface area contributed by atoms with Gasteiger partial charge in [0.1, 0.15) is 17.4 Å². The lowest BCUT2D eigenvalue weighted by atomic mass is 10.2. The summed E-state index contributed by atoms with van der Waals surface area (Å²) in [6.07, 6.45) is 2.45. The molecule has 0 fully saturated rings. The van der Waals surface area contributed by atoms with E-state index in [0.29, 0.717) is 18.3 Å². The highest BCUT2D eigenvalue weighted by Crippen LogP contribution is 2.07. The molecule has 0 aliphatic rings. The quantitative estimate of drug-likeness (QED) is 0.753. The predicted molar refractivity (Wildman–Crippen MR) is 67.9 cm³/mol. The third kappa shape index (κ3) is 3.90. The average Bonchev–Trinajstić information content (AvgIpc) is 2.62. The second-order valence-corrected chi connectivity index (χ2v) is 7.23. The van der Waals surface area contributed by atoms with Crippen molar-refractivity contribution in [3.05, 3.63) is 12.2 Å². The van der Waals surface area contributed by atoms with Crippen molar-refractivity contribution in [3.63, 3.8) is 0 Å². The van der Waals surface area contributed by atoms with Gasteiger partial charge >= 0.3 is 0 Å². The molecule has 1 unspecified atom stereocenters. The number of hydrogen-bond donors (Lipinski definition) is 0. The molecule has 1 atom stereocenters. The number of nitrogens with zero attached hydrogens (tertiary/aromatic N) is 3. The molecule has 0 N–H and O–H groups in total. The van der Waals surface area contributed by atoms with Crippen LogP contribution in [-0.4, -0.2) is 40.5 Å². The maximum Gasteiger partial charge on any atom is 0.158 e. The van der Waals surface area contributed by atoms with E-state index in [0.717, 1.165) is 6.26 Å². The number of Topliss-reactive ketones (excluding diaryl/α,β-unsaturated/α-hetero) is 1. The minimum Gasteiger partial charge on any atom is -0.298 e. The molecule has 0 aromatic carbocycles. The van der Waals surface area contributed by atoms with Gasteiger partial charge in [0.05, 0.1) is 6.42 Å².